The van der Waals surface area contributed by atoms with Gasteiger partial charge in [0, 0.05) is 6.42 Å². The highest BCUT2D eigenvalue weighted by Crippen LogP contribution is 2.23. The SMILES string of the molecule is COC(=O)C1=CC=CCC1OC(=O)c1cncn1C(C)c1ccccc1. The first-order valence-corrected chi connectivity index (χ1v) is 8.34. The van der Waals surface area contributed by atoms with Crippen LogP contribution in [0.5, 0.6) is 0 Å². The third-order valence-electron chi connectivity index (χ3n) is 4.35. The number of hydrogen-bond acceptors (Lipinski definition) is 5. The molecule has 0 saturated carbocycles. The summed E-state index contributed by atoms with van der Waals surface area (Å²) >= 11 is 0. The van der Waals surface area contributed by atoms with Crippen LogP contribution in [0.25, 0.3) is 0 Å². The van der Waals surface area contributed by atoms with E-state index in [2.05, 4.69) is 4.98 Å². The highest BCUT2D eigenvalue weighted by molar-refractivity contribution is 5.92. The maximum atomic E-state index is 12.7. The van der Waals surface area contributed by atoms with E-state index in [1.807, 2.05) is 43.3 Å². The molecule has 6 nitrogen and oxygen atoms in total. The summed E-state index contributed by atoms with van der Waals surface area (Å²) in [6, 6.07) is 9.73. The van der Waals surface area contributed by atoms with E-state index in [4.69, 9.17) is 9.47 Å². The van der Waals surface area contributed by atoms with E-state index < -0.39 is 18.0 Å². The van der Waals surface area contributed by atoms with E-state index >= 15 is 0 Å². The molecular weight excluding hydrogens is 332 g/mol. The Morgan fingerprint density at radius 3 is 2.73 bits per heavy atom. The Morgan fingerprint density at radius 1 is 1.23 bits per heavy atom. The maximum Gasteiger partial charge on any atom is 0.357 e. The molecular formula is C20H20N2O4. The lowest BCUT2D eigenvalue weighted by atomic mass is 10.0. The molecule has 26 heavy (non-hydrogen) atoms. The van der Waals surface area contributed by atoms with Gasteiger partial charge in [-0.15, -0.1) is 0 Å². The summed E-state index contributed by atoms with van der Waals surface area (Å²) in [5, 5.41) is 0. The molecule has 0 spiro atoms. The molecule has 1 aromatic carbocycles. The van der Waals surface area contributed by atoms with E-state index in [1.54, 1.807) is 23.0 Å². The molecule has 0 fully saturated rings. The number of methoxy groups -OCH3 is 1. The highest BCUT2D eigenvalue weighted by atomic mass is 16.6. The lowest BCUT2D eigenvalue weighted by Crippen LogP contribution is -2.27. The van der Waals surface area contributed by atoms with Crippen molar-refractivity contribution in [2.75, 3.05) is 7.11 Å². The largest absolute Gasteiger partial charge is 0.466 e. The van der Waals surface area contributed by atoms with Crippen LogP contribution in [0.4, 0.5) is 0 Å². The Balaban J connectivity index is 1.79. The molecule has 3 rings (SSSR count). The minimum absolute atomic E-state index is 0.0804. The van der Waals surface area contributed by atoms with Gasteiger partial charge in [0.2, 0.25) is 0 Å². The molecule has 1 aliphatic rings. The van der Waals surface area contributed by atoms with Gasteiger partial charge in [-0.1, -0.05) is 42.5 Å². The number of benzene rings is 1. The lowest BCUT2D eigenvalue weighted by molar-refractivity contribution is -0.137. The van der Waals surface area contributed by atoms with Crippen molar-refractivity contribution >= 4 is 11.9 Å². The quantitative estimate of drug-likeness (QED) is 0.774. The number of allylic oxidation sites excluding steroid dienone is 2. The Labute approximate surface area is 151 Å². The summed E-state index contributed by atoms with van der Waals surface area (Å²) in [6.45, 7) is 1.98. The summed E-state index contributed by atoms with van der Waals surface area (Å²) in [5.74, 6) is -1.03. The van der Waals surface area contributed by atoms with Crippen molar-refractivity contribution in [2.24, 2.45) is 0 Å². The van der Waals surface area contributed by atoms with Gasteiger partial charge in [0.15, 0.2) is 0 Å². The number of hydrogen-bond donors (Lipinski definition) is 0. The zero-order chi connectivity index (χ0) is 18.5. The first kappa shape index (κ1) is 17.7. The number of carbonyl (C=O) groups excluding carboxylic acids is 2. The van der Waals surface area contributed by atoms with Gasteiger partial charge >= 0.3 is 11.9 Å². The number of carbonyl (C=O) groups is 2. The number of ether oxygens (including phenoxy) is 2. The second-order valence-corrected chi connectivity index (χ2v) is 5.94. The minimum atomic E-state index is -0.671. The summed E-state index contributed by atoms with van der Waals surface area (Å²) in [6.07, 6.45) is 8.03. The zero-order valence-corrected chi connectivity index (χ0v) is 14.7. The molecule has 1 heterocycles. The number of nitrogens with zero attached hydrogens (tertiary/aromatic N) is 2. The number of esters is 2. The van der Waals surface area contributed by atoms with Crippen molar-refractivity contribution in [1.82, 2.24) is 9.55 Å². The molecule has 0 radical (unpaired) electrons. The van der Waals surface area contributed by atoms with Crippen molar-refractivity contribution in [3.05, 3.63) is 77.9 Å². The Kier molecular flexibility index (Phi) is 5.31. The monoisotopic (exact) mass is 352 g/mol. The summed E-state index contributed by atoms with van der Waals surface area (Å²) < 4.78 is 12.1. The van der Waals surface area contributed by atoms with Crippen LogP contribution in [0, 0.1) is 0 Å². The number of aromatic nitrogens is 2. The Morgan fingerprint density at radius 2 is 2.00 bits per heavy atom. The van der Waals surface area contributed by atoms with Crippen molar-refractivity contribution in [1.29, 1.82) is 0 Å². The Bertz CT molecular complexity index is 852. The van der Waals surface area contributed by atoms with Crippen LogP contribution in [-0.4, -0.2) is 34.7 Å². The van der Waals surface area contributed by atoms with Crippen LogP contribution in [0.2, 0.25) is 0 Å². The first-order chi connectivity index (χ1) is 12.6. The van der Waals surface area contributed by atoms with Gasteiger partial charge in [0.05, 0.1) is 31.2 Å². The van der Waals surface area contributed by atoms with Crippen molar-refractivity contribution < 1.29 is 19.1 Å². The fraction of sp³-hybridized carbons (Fsp3) is 0.250. The van der Waals surface area contributed by atoms with Crippen molar-refractivity contribution in [2.45, 2.75) is 25.5 Å². The van der Waals surface area contributed by atoms with E-state index in [9.17, 15) is 9.59 Å². The van der Waals surface area contributed by atoms with Crippen LogP contribution >= 0.6 is 0 Å². The molecule has 0 bridgehead atoms. The Hall–Kier alpha value is -3.15. The standard InChI is InChI=1S/C20H20N2O4/c1-14(15-8-4-3-5-9-15)22-13-21-12-17(22)20(24)26-18-11-7-6-10-16(18)19(23)25-2/h3-10,12-14,18H,11H2,1-2H3. The van der Waals surface area contributed by atoms with Gasteiger partial charge in [0.25, 0.3) is 0 Å². The molecule has 6 heteroatoms. The predicted molar refractivity (Wildman–Crippen MR) is 95.5 cm³/mol. The molecule has 0 N–H and O–H groups in total. The normalized spacial score (nSPS) is 17.3. The fourth-order valence-electron chi connectivity index (χ4n) is 2.89. The second-order valence-electron chi connectivity index (χ2n) is 5.94. The van der Waals surface area contributed by atoms with Crippen LogP contribution in [0.3, 0.4) is 0 Å². The topological polar surface area (TPSA) is 70.4 Å². The minimum Gasteiger partial charge on any atom is -0.466 e. The second kappa shape index (κ2) is 7.82. The summed E-state index contributed by atoms with van der Waals surface area (Å²) in [7, 11) is 1.30. The molecule has 1 aromatic heterocycles. The molecule has 1 aliphatic carbocycles. The van der Waals surface area contributed by atoms with Crippen molar-refractivity contribution in [3.63, 3.8) is 0 Å². The van der Waals surface area contributed by atoms with Gasteiger partial charge in [-0.05, 0) is 18.6 Å². The zero-order valence-electron chi connectivity index (χ0n) is 14.7. The van der Waals surface area contributed by atoms with Crippen LogP contribution in [0.15, 0.2) is 66.7 Å². The first-order valence-electron chi connectivity index (χ1n) is 8.34. The molecule has 134 valence electrons. The van der Waals surface area contributed by atoms with Gasteiger partial charge in [-0.3, -0.25) is 0 Å². The smallest absolute Gasteiger partial charge is 0.357 e. The molecule has 2 aromatic rings. The highest BCUT2D eigenvalue weighted by Gasteiger charge is 2.28. The molecule has 0 saturated heterocycles. The van der Waals surface area contributed by atoms with Crippen LogP contribution < -0.4 is 0 Å². The third-order valence-corrected chi connectivity index (χ3v) is 4.35. The average Bonchev–Trinajstić information content (AvgIpc) is 3.18. The molecule has 2 atom stereocenters. The van der Waals surface area contributed by atoms with Gasteiger partial charge < -0.3 is 14.0 Å². The van der Waals surface area contributed by atoms with Crippen LogP contribution in [-0.2, 0) is 14.3 Å². The van der Waals surface area contributed by atoms with Gasteiger partial charge in [0.1, 0.15) is 11.8 Å². The van der Waals surface area contributed by atoms with E-state index in [0.717, 1.165) is 5.56 Å². The number of imidazole rings is 1. The summed E-state index contributed by atoms with van der Waals surface area (Å²) in [5.41, 5.74) is 1.71. The van der Waals surface area contributed by atoms with Gasteiger partial charge in [-0.25, -0.2) is 14.6 Å². The average molecular weight is 352 g/mol. The van der Waals surface area contributed by atoms with E-state index in [1.165, 1.54) is 13.3 Å². The number of rotatable bonds is 5. The van der Waals surface area contributed by atoms with E-state index in [0.29, 0.717) is 17.7 Å². The maximum absolute atomic E-state index is 12.7. The summed E-state index contributed by atoms with van der Waals surface area (Å²) in [4.78, 5) is 28.7. The van der Waals surface area contributed by atoms with Gasteiger partial charge in [-0.2, -0.15) is 0 Å². The third kappa shape index (κ3) is 3.59. The molecule has 0 amide bonds. The van der Waals surface area contributed by atoms with Crippen LogP contribution in [0.1, 0.15) is 35.4 Å². The predicted octanol–water partition coefficient (Wildman–Crippen LogP) is 3.08. The molecule has 2 unspecified atom stereocenters. The van der Waals surface area contributed by atoms with Crippen molar-refractivity contribution in [3.8, 4) is 0 Å². The lowest BCUT2D eigenvalue weighted by Gasteiger charge is -2.21. The van der Waals surface area contributed by atoms with E-state index in [-0.39, 0.29) is 6.04 Å². The fourth-order valence-corrected chi connectivity index (χ4v) is 2.89. The molecule has 0 aliphatic heterocycles.